The standard InChI is InChI=1S/C20H19O2P/c1-17(18-11-5-2-6-12-18)22-23(21,19-13-7-3-8-14-19)20-15-9-4-10-16-20/h2-17H,1H3. The van der Waals surface area contributed by atoms with E-state index in [0.29, 0.717) is 10.6 Å². The molecule has 0 aliphatic heterocycles. The maximum absolute atomic E-state index is 13.8. The molecule has 0 bridgehead atoms. The molecule has 3 aromatic rings. The van der Waals surface area contributed by atoms with Gasteiger partial charge in [-0.25, -0.2) is 0 Å². The van der Waals surface area contributed by atoms with E-state index in [0.717, 1.165) is 5.56 Å². The summed E-state index contributed by atoms with van der Waals surface area (Å²) in [5, 5.41) is 1.43. The van der Waals surface area contributed by atoms with Gasteiger partial charge in [-0.3, -0.25) is 4.57 Å². The summed E-state index contributed by atoms with van der Waals surface area (Å²) in [6.07, 6.45) is -0.262. The Hall–Kier alpha value is -2.15. The number of benzene rings is 3. The van der Waals surface area contributed by atoms with Crippen molar-refractivity contribution in [3.63, 3.8) is 0 Å². The van der Waals surface area contributed by atoms with Crippen LogP contribution in [-0.2, 0) is 9.09 Å². The molecular formula is C20H19O2P. The zero-order valence-electron chi connectivity index (χ0n) is 13.0. The summed E-state index contributed by atoms with van der Waals surface area (Å²) in [6.45, 7) is 1.94. The van der Waals surface area contributed by atoms with Crippen molar-refractivity contribution in [2.45, 2.75) is 13.0 Å². The van der Waals surface area contributed by atoms with Crippen molar-refractivity contribution in [2.75, 3.05) is 0 Å². The van der Waals surface area contributed by atoms with Crippen molar-refractivity contribution in [1.82, 2.24) is 0 Å². The molecule has 0 radical (unpaired) electrons. The van der Waals surface area contributed by atoms with Crippen molar-refractivity contribution in [3.8, 4) is 0 Å². The molecule has 0 aliphatic carbocycles. The molecule has 0 saturated heterocycles. The maximum Gasteiger partial charge on any atom is 0.261 e. The van der Waals surface area contributed by atoms with E-state index in [4.69, 9.17) is 4.52 Å². The highest BCUT2D eigenvalue weighted by atomic mass is 31.2. The highest BCUT2D eigenvalue weighted by Gasteiger charge is 2.30. The Bertz CT molecular complexity index is 742. The van der Waals surface area contributed by atoms with Crippen LogP contribution in [0.25, 0.3) is 0 Å². The first kappa shape index (κ1) is 15.7. The number of hydrogen-bond donors (Lipinski definition) is 0. The summed E-state index contributed by atoms with van der Waals surface area (Å²) in [4.78, 5) is 0. The lowest BCUT2D eigenvalue weighted by molar-refractivity contribution is 0.238. The second-order valence-electron chi connectivity index (χ2n) is 5.38. The summed E-state index contributed by atoms with van der Waals surface area (Å²) in [5.41, 5.74) is 1.01. The lowest BCUT2D eigenvalue weighted by Gasteiger charge is -2.24. The second-order valence-corrected chi connectivity index (χ2v) is 7.73. The van der Waals surface area contributed by atoms with Gasteiger partial charge in [0.2, 0.25) is 0 Å². The van der Waals surface area contributed by atoms with E-state index < -0.39 is 7.37 Å². The molecule has 0 amide bonds. The van der Waals surface area contributed by atoms with Gasteiger partial charge in [0, 0.05) is 10.6 Å². The molecule has 0 aliphatic rings. The molecule has 0 N–H and O–H groups in total. The van der Waals surface area contributed by atoms with Gasteiger partial charge in [-0.05, 0) is 36.8 Å². The Morgan fingerprint density at radius 2 is 1.09 bits per heavy atom. The van der Waals surface area contributed by atoms with Crippen LogP contribution in [0.1, 0.15) is 18.6 Å². The van der Waals surface area contributed by atoms with Crippen LogP contribution < -0.4 is 10.6 Å². The largest absolute Gasteiger partial charge is 0.314 e. The van der Waals surface area contributed by atoms with E-state index in [9.17, 15) is 4.57 Å². The lowest BCUT2D eigenvalue weighted by atomic mass is 10.1. The Morgan fingerprint density at radius 1 is 0.696 bits per heavy atom. The van der Waals surface area contributed by atoms with E-state index >= 15 is 0 Å². The van der Waals surface area contributed by atoms with Crippen LogP contribution in [0, 0.1) is 0 Å². The second kappa shape index (κ2) is 6.95. The first-order chi connectivity index (χ1) is 11.2. The SMILES string of the molecule is CC(OP(=O)(c1ccccc1)c1ccccc1)c1ccccc1. The van der Waals surface area contributed by atoms with Crippen molar-refractivity contribution >= 4 is 18.0 Å². The fourth-order valence-corrected chi connectivity index (χ4v) is 4.76. The van der Waals surface area contributed by atoms with Crippen LogP contribution >= 0.6 is 7.37 Å². The first-order valence-corrected chi connectivity index (χ1v) is 9.27. The van der Waals surface area contributed by atoms with Gasteiger partial charge in [-0.1, -0.05) is 66.7 Å². The molecule has 0 saturated carbocycles. The van der Waals surface area contributed by atoms with Gasteiger partial charge < -0.3 is 4.52 Å². The van der Waals surface area contributed by atoms with Crippen molar-refractivity contribution in [3.05, 3.63) is 96.6 Å². The van der Waals surface area contributed by atoms with Crippen LogP contribution in [0.15, 0.2) is 91.0 Å². The zero-order chi connectivity index (χ0) is 16.1. The average molecular weight is 322 g/mol. The average Bonchev–Trinajstić information content (AvgIpc) is 2.64. The molecule has 3 rings (SSSR count). The monoisotopic (exact) mass is 322 g/mol. The van der Waals surface area contributed by atoms with Crippen LogP contribution in [0.5, 0.6) is 0 Å². The molecule has 3 heteroatoms. The third-order valence-electron chi connectivity index (χ3n) is 3.77. The molecule has 1 unspecified atom stereocenters. The van der Waals surface area contributed by atoms with Crippen molar-refractivity contribution in [1.29, 1.82) is 0 Å². The van der Waals surface area contributed by atoms with E-state index in [1.807, 2.05) is 97.9 Å². The molecule has 116 valence electrons. The summed E-state index contributed by atoms with van der Waals surface area (Å²) < 4.78 is 19.9. The molecular weight excluding hydrogens is 303 g/mol. The summed E-state index contributed by atoms with van der Waals surface area (Å²) in [6, 6.07) is 28.7. The molecule has 23 heavy (non-hydrogen) atoms. The van der Waals surface area contributed by atoms with E-state index in [1.165, 1.54) is 0 Å². The Morgan fingerprint density at radius 3 is 1.52 bits per heavy atom. The highest BCUT2D eigenvalue weighted by Crippen LogP contribution is 2.48. The Labute approximate surface area is 137 Å². The third-order valence-corrected chi connectivity index (χ3v) is 6.34. The van der Waals surface area contributed by atoms with Crippen molar-refractivity contribution < 1.29 is 9.09 Å². The lowest BCUT2D eigenvalue weighted by Crippen LogP contribution is -2.19. The molecule has 0 fully saturated rings. The fourth-order valence-electron chi connectivity index (χ4n) is 2.53. The molecule has 0 heterocycles. The van der Waals surface area contributed by atoms with Gasteiger partial charge in [0.15, 0.2) is 0 Å². The third kappa shape index (κ3) is 3.44. The Balaban J connectivity index is 2.02. The van der Waals surface area contributed by atoms with Crippen LogP contribution in [0.2, 0.25) is 0 Å². The summed E-state index contributed by atoms with van der Waals surface area (Å²) >= 11 is 0. The van der Waals surface area contributed by atoms with Gasteiger partial charge >= 0.3 is 0 Å². The predicted octanol–water partition coefficient (Wildman–Crippen LogP) is 4.69. The molecule has 0 spiro atoms. The number of hydrogen-bond acceptors (Lipinski definition) is 2. The quantitative estimate of drug-likeness (QED) is 0.637. The maximum atomic E-state index is 13.8. The minimum Gasteiger partial charge on any atom is -0.314 e. The van der Waals surface area contributed by atoms with Crippen molar-refractivity contribution in [2.24, 2.45) is 0 Å². The van der Waals surface area contributed by atoms with E-state index in [1.54, 1.807) is 0 Å². The van der Waals surface area contributed by atoms with Gasteiger partial charge in [0.25, 0.3) is 7.37 Å². The summed E-state index contributed by atoms with van der Waals surface area (Å²) in [5.74, 6) is 0. The minimum absolute atomic E-state index is 0.262. The van der Waals surface area contributed by atoms with Gasteiger partial charge in [0.05, 0.1) is 6.10 Å². The topological polar surface area (TPSA) is 26.3 Å². The summed E-state index contributed by atoms with van der Waals surface area (Å²) in [7, 11) is -3.15. The van der Waals surface area contributed by atoms with E-state index in [-0.39, 0.29) is 6.10 Å². The van der Waals surface area contributed by atoms with Crippen LogP contribution in [-0.4, -0.2) is 0 Å². The minimum atomic E-state index is -3.15. The molecule has 0 aromatic heterocycles. The normalized spacial score (nSPS) is 12.7. The van der Waals surface area contributed by atoms with Crippen LogP contribution in [0.3, 0.4) is 0 Å². The fraction of sp³-hybridized carbons (Fsp3) is 0.100. The zero-order valence-corrected chi connectivity index (χ0v) is 13.9. The van der Waals surface area contributed by atoms with Crippen LogP contribution in [0.4, 0.5) is 0 Å². The number of rotatable bonds is 5. The van der Waals surface area contributed by atoms with Gasteiger partial charge in [-0.15, -0.1) is 0 Å². The molecule has 2 nitrogen and oxygen atoms in total. The molecule has 3 aromatic carbocycles. The van der Waals surface area contributed by atoms with Gasteiger partial charge in [0.1, 0.15) is 0 Å². The first-order valence-electron chi connectivity index (χ1n) is 7.65. The molecule has 1 atom stereocenters. The smallest absolute Gasteiger partial charge is 0.261 e. The highest BCUT2D eigenvalue weighted by molar-refractivity contribution is 7.74. The Kier molecular flexibility index (Phi) is 4.76. The van der Waals surface area contributed by atoms with Gasteiger partial charge in [-0.2, -0.15) is 0 Å². The van der Waals surface area contributed by atoms with E-state index in [2.05, 4.69) is 0 Å². The predicted molar refractivity (Wildman–Crippen MR) is 95.7 cm³/mol.